The number of nitrogens with two attached hydrogens (primary N) is 1. The van der Waals surface area contributed by atoms with Gasteiger partial charge in [0.05, 0.1) is 0 Å². The lowest BCUT2D eigenvalue weighted by Gasteiger charge is -2.19. The van der Waals surface area contributed by atoms with E-state index in [0.717, 1.165) is 13.0 Å². The van der Waals surface area contributed by atoms with Crippen LogP contribution < -0.4 is 11.1 Å². The van der Waals surface area contributed by atoms with Crippen LogP contribution in [-0.4, -0.2) is 18.0 Å². The van der Waals surface area contributed by atoms with Crippen molar-refractivity contribution < 1.29 is 4.79 Å². The molecule has 1 aliphatic carbocycles. The van der Waals surface area contributed by atoms with Crippen molar-refractivity contribution in [3.63, 3.8) is 0 Å². The molecule has 2 rings (SSSR count). The molecule has 3 nitrogen and oxygen atoms in total. The molecule has 0 aromatic rings. The van der Waals surface area contributed by atoms with E-state index in [0.29, 0.717) is 5.92 Å². The zero-order chi connectivity index (χ0) is 7.19. The van der Waals surface area contributed by atoms with E-state index in [2.05, 4.69) is 5.32 Å². The third kappa shape index (κ3) is 0.611. The SMILES string of the molecule is NC(=O)C12CC1CCCN2. The normalized spacial score (nSPS) is 44.2. The molecule has 3 N–H and O–H groups in total. The minimum absolute atomic E-state index is 0.155. The van der Waals surface area contributed by atoms with Crippen molar-refractivity contribution in [2.75, 3.05) is 6.54 Å². The minimum Gasteiger partial charge on any atom is -0.368 e. The second-order valence-corrected chi connectivity index (χ2v) is 3.31. The van der Waals surface area contributed by atoms with Crippen LogP contribution in [0.1, 0.15) is 19.3 Å². The highest BCUT2D eigenvalue weighted by Crippen LogP contribution is 2.48. The summed E-state index contributed by atoms with van der Waals surface area (Å²) >= 11 is 0. The predicted molar refractivity (Wildman–Crippen MR) is 37.3 cm³/mol. The number of piperidine rings is 1. The first-order valence-corrected chi connectivity index (χ1v) is 3.81. The molecule has 3 heteroatoms. The first-order chi connectivity index (χ1) is 4.76. The van der Waals surface area contributed by atoms with Crippen molar-refractivity contribution in [3.8, 4) is 0 Å². The Balaban J connectivity index is 2.12. The van der Waals surface area contributed by atoms with Gasteiger partial charge in [0.2, 0.25) is 5.91 Å². The van der Waals surface area contributed by atoms with Crippen LogP contribution in [0.3, 0.4) is 0 Å². The van der Waals surface area contributed by atoms with Gasteiger partial charge in [-0.2, -0.15) is 0 Å². The summed E-state index contributed by atoms with van der Waals surface area (Å²) < 4.78 is 0. The third-order valence-corrected chi connectivity index (χ3v) is 2.71. The molecule has 0 aromatic carbocycles. The lowest BCUT2D eigenvalue weighted by molar-refractivity contribution is -0.121. The van der Waals surface area contributed by atoms with E-state index in [9.17, 15) is 4.79 Å². The lowest BCUT2D eigenvalue weighted by Crippen LogP contribution is -2.47. The molecule has 1 heterocycles. The maximum absolute atomic E-state index is 10.9. The van der Waals surface area contributed by atoms with Gasteiger partial charge in [0.25, 0.3) is 0 Å². The largest absolute Gasteiger partial charge is 0.368 e. The fraction of sp³-hybridized carbons (Fsp3) is 0.857. The van der Waals surface area contributed by atoms with Gasteiger partial charge in [-0.1, -0.05) is 0 Å². The van der Waals surface area contributed by atoms with Crippen molar-refractivity contribution in [2.24, 2.45) is 11.7 Å². The molecule has 1 saturated carbocycles. The summed E-state index contributed by atoms with van der Waals surface area (Å²) in [5.41, 5.74) is 4.98. The van der Waals surface area contributed by atoms with Gasteiger partial charge in [0.15, 0.2) is 0 Å². The molecule has 0 aromatic heterocycles. The summed E-state index contributed by atoms with van der Waals surface area (Å²) in [5.74, 6) is 0.399. The van der Waals surface area contributed by atoms with Crippen LogP contribution in [-0.2, 0) is 4.79 Å². The van der Waals surface area contributed by atoms with Gasteiger partial charge in [-0.3, -0.25) is 4.79 Å². The van der Waals surface area contributed by atoms with E-state index >= 15 is 0 Å². The molecule has 0 spiro atoms. The number of fused-ring (bicyclic) bond motifs is 1. The van der Waals surface area contributed by atoms with E-state index in [4.69, 9.17) is 5.73 Å². The number of amides is 1. The van der Waals surface area contributed by atoms with Crippen LogP contribution in [0, 0.1) is 5.92 Å². The van der Waals surface area contributed by atoms with Crippen molar-refractivity contribution >= 4 is 5.91 Å². The van der Waals surface area contributed by atoms with E-state index < -0.39 is 0 Å². The molecule has 1 aliphatic heterocycles. The Bertz CT molecular complexity index is 180. The summed E-state index contributed by atoms with van der Waals surface area (Å²) in [5, 5.41) is 3.19. The minimum atomic E-state index is -0.266. The summed E-state index contributed by atoms with van der Waals surface area (Å²) in [6, 6.07) is 0. The molecule has 2 unspecified atom stereocenters. The number of rotatable bonds is 1. The van der Waals surface area contributed by atoms with Crippen LogP contribution >= 0.6 is 0 Å². The second-order valence-electron chi connectivity index (χ2n) is 3.31. The fourth-order valence-electron chi connectivity index (χ4n) is 1.94. The Hall–Kier alpha value is -0.570. The highest BCUT2D eigenvalue weighted by molar-refractivity contribution is 5.88. The first-order valence-electron chi connectivity index (χ1n) is 3.81. The van der Waals surface area contributed by atoms with Gasteiger partial charge in [-0.25, -0.2) is 0 Å². The summed E-state index contributed by atoms with van der Waals surface area (Å²) in [4.78, 5) is 10.9. The highest BCUT2D eigenvalue weighted by atomic mass is 16.1. The van der Waals surface area contributed by atoms with E-state index in [-0.39, 0.29) is 11.4 Å². The number of nitrogens with one attached hydrogen (secondary N) is 1. The Morgan fingerprint density at radius 3 is 3.00 bits per heavy atom. The first kappa shape index (κ1) is 6.16. The average Bonchev–Trinajstić information content (AvgIpc) is 2.61. The maximum Gasteiger partial charge on any atom is 0.238 e. The zero-order valence-corrected chi connectivity index (χ0v) is 5.89. The molecule has 0 radical (unpaired) electrons. The Morgan fingerprint density at radius 2 is 2.50 bits per heavy atom. The molecule has 1 amide bonds. The van der Waals surface area contributed by atoms with E-state index in [1.807, 2.05) is 0 Å². The van der Waals surface area contributed by atoms with Gasteiger partial charge in [0, 0.05) is 0 Å². The van der Waals surface area contributed by atoms with Crippen LogP contribution in [0.25, 0.3) is 0 Å². The lowest BCUT2D eigenvalue weighted by atomic mass is 10.1. The number of primary amides is 1. The second kappa shape index (κ2) is 1.72. The Morgan fingerprint density at radius 1 is 1.70 bits per heavy atom. The summed E-state index contributed by atoms with van der Waals surface area (Å²) in [7, 11) is 0. The summed E-state index contributed by atoms with van der Waals surface area (Å²) in [6.07, 6.45) is 3.35. The average molecular weight is 140 g/mol. The predicted octanol–water partition coefficient (Wildman–Crippen LogP) is -0.386. The van der Waals surface area contributed by atoms with Crippen LogP contribution in [0.2, 0.25) is 0 Å². The van der Waals surface area contributed by atoms with Gasteiger partial charge >= 0.3 is 0 Å². The molecule has 56 valence electrons. The monoisotopic (exact) mass is 140 g/mol. The van der Waals surface area contributed by atoms with Gasteiger partial charge in [0.1, 0.15) is 5.54 Å². The molecule has 1 saturated heterocycles. The Labute approximate surface area is 60.0 Å². The molecule has 2 fully saturated rings. The van der Waals surface area contributed by atoms with Crippen molar-refractivity contribution in [1.29, 1.82) is 0 Å². The number of carbonyl (C=O) groups is 1. The molecule has 10 heavy (non-hydrogen) atoms. The van der Waals surface area contributed by atoms with E-state index in [1.54, 1.807) is 0 Å². The van der Waals surface area contributed by atoms with Crippen LogP contribution in [0.15, 0.2) is 0 Å². The third-order valence-electron chi connectivity index (χ3n) is 2.71. The van der Waals surface area contributed by atoms with Gasteiger partial charge < -0.3 is 11.1 Å². The quantitative estimate of drug-likeness (QED) is 0.521. The molecular weight excluding hydrogens is 128 g/mol. The summed E-state index contributed by atoms with van der Waals surface area (Å²) in [6.45, 7) is 0.958. The van der Waals surface area contributed by atoms with Gasteiger partial charge in [-0.15, -0.1) is 0 Å². The number of hydrogen-bond donors (Lipinski definition) is 2. The Kier molecular flexibility index (Phi) is 1.06. The number of carbonyl (C=O) groups excluding carboxylic acids is 1. The van der Waals surface area contributed by atoms with Crippen molar-refractivity contribution in [3.05, 3.63) is 0 Å². The van der Waals surface area contributed by atoms with Gasteiger partial charge in [-0.05, 0) is 31.7 Å². The number of hydrogen-bond acceptors (Lipinski definition) is 2. The maximum atomic E-state index is 10.9. The van der Waals surface area contributed by atoms with Crippen molar-refractivity contribution in [2.45, 2.75) is 24.8 Å². The standard InChI is InChI=1S/C7H12N2O/c8-6(10)7-4-5(7)2-1-3-9-7/h5,9H,1-4H2,(H2,8,10). The topological polar surface area (TPSA) is 55.1 Å². The molecule has 2 aliphatic rings. The smallest absolute Gasteiger partial charge is 0.238 e. The fourth-order valence-corrected chi connectivity index (χ4v) is 1.94. The van der Waals surface area contributed by atoms with Crippen LogP contribution in [0.5, 0.6) is 0 Å². The van der Waals surface area contributed by atoms with Crippen LogP contribution in [0.4, 0.5) is 0 Å². The molecular formula is C7H12N2O. The molecule has 2 atom stereocenters. The highest BCUT2D eigenvalue weighted by Gasteiger charge is 2.59. The zero-order valence-electron chi connectivity index (χ0n) is 5.89. The molecule has 0 bridgehead atoms. The van der Waals surface area contributed by atoms with E-state index in [1.165, 1.54) is 12.8 Å². The van der Waals surface area contributed by atoms with Crippen molar-refractivity contribution in [1.82, 2.24) is 5.32 Å².